The van der Waals surface area contributed by atoms with E-state index in [2.05, 4.69) is 25.9 Å². The Balaban J connectivity index is 2.38. The molecule has 0 fully saturated rings. The van der Waals surface area contributed by atoms with Crippen LogP contribution in [0.1, 0.15) is 18.1 Å². The van der Waals surface area contributed by atoms with Crippen LogP contribution in [0.25, 0.3) is 16.9 Å². The van der Waals surface area contributed by atoms with Crippen LogP contribution in [-0.4, -0.2) is 21.6 Å². The van der Waals surface area contributed by atoms with Gasteiger partial charge in [0.25, 0.3) is 0 Å². The summed E-state index contributed by atoms with van der Waals surface area (Å²) >= 11 is 9.80. The Hall–Kier alpha value is -1.59. The molecule has 2 aromatic heterocycles. The monoisotopic (exact) mass is 365 g/mol. The number of imidazole rings is 1. The number of halogens is 2. The van der Waals surface area contributed by atoms with Gasteiger partial charge < -0.3 is 4.74 Å². The SMILES string of the molecule is COc1ccc(Br)cc1-n1c(C(C)Cl)nc2cccnc21. The largest absolute Gasteiger partial charge is 0.495 e. The highest BCUT2D eigenvalue weighted by molar-refractivity contribution is 9.10. The average Bonchev–Trinajstić information content (AvgIpc) is 2.86. The van der Waals surface area contributed by atoms with Gasteiger partial charge in [0.1, 0.15) is 17.1 Å². The molecule has 0 saturated heterocycles. The number of pyridine rings is 1. The maximum atomic E-state index is 6.30. The van der Waals surface area contributed by atoms with Crippen molar-refractivity contribution in [1.29, 1.82) is 0 Å². The van der Waals surface area contributed by atoms with Crippen molar-refractivity contribution in [3.05, 3.63) is 46.8 Å². The van der Waals surface area contributed by atoms with Gasteiger partial charge in [0.2, 0.25) is 0 Å². The van der Waals surface area contributed by atoms with Gasteiger partial charge in [-0.05, 0) is 37.3 Å². The Labute approximate surface area is 135 Å². The fourth-order valence-corrected chi connectivity index (χ4v) is 2.77. The minimum Gasteiger partial charge on any atom is -0.495 e. The summed E-state index contributed by atoms with van der Waals surface area (Å²) in [5.41, 5.74) is 2.43. The first-order valence-corrected chi connectivity index (χ1v) is 7.66. The molecule has 0 aliphatic heterocycles. The van der Waals surface area contributed by atoms with Crippen molar-refractivity contribution < 1.29 is 4.74 Å². The number of alkyl halides is 1. The van der Waals surface area contributed by atoms with Gasteiger partial charge in [0, 0.05) is 10.7 Å². The van der Waals surface area contributed by atoms with E-state index in [0.717, 1.165) is 32.9 Å². The molecule has 21 heavy (non-hydrogen) atoms. The minimum absolute atomic E-state index is 0.247. The second-order valence-corrected chi connectivity index (χ2v) is 6.15. The van der Waals surface area contributed by atoms with Crippen LogP contribution in [0.4, 0.5) is 0 Å². The Morgan fingerprint density at radius 2 is 2.14 bits per heavy atom. The van der Waals surface area contributed by atoms with Crippen LogP contribution in [0, 0.1) is 0 Å². The molecule has 0 N–H and O–H groups in total. The van der Waals surface area contributed by atoms with Crippen LogP contribution in [0.15, 0.2) is 41.0 Å². The highest BCUT2D eigenvalue weighted by Crippen LogP contribution is 2.33. The van der Waals surface area contributed by atoms with Gasteiger partial charge in [-0.25, -0.2) is 9.97 Å². The first-order valence-electron chi connectivity index (χ1n) is 6.43. The Morgan fingerprint density at radius 3 is 2.86 bits per heavy atom. The van der Waals surface area contributed by atoms with E-state index in [9.17, 15) is 0 Å². The van der Waals surface area contributed by atoms with Crippen LogP contribution in [-0.2, 0) is 0 Å². The van der Waals surface area contributed by atoms with Crippen LogP contribution in [0.5, 0.6) is 5.75 Å². The molecule has 3 rings (SSSR count). The number of aromatic nitrogens is 3. The van der Waals surface area contributed by atoms with E-state index in [0.29, 0.717) is 0 Å². The van der Waals surface area contributed by atoms with Crippen LogP contribution in [0.2, 0.25) is 0 Å². The fraction of sp³-hybridized carbons (Fsp3) is 0.200. The van der Waals surface area contributed by atoms with E-state index < -0.39 is 0 Å². The van der Waals surface area contributed by atoms with Crippen molar-refractivity contribution in [2.45, 2.75) is 12.3 Å². The van der Waals surface area contributed by atoms with Crippen molar-refractivity contribution in [3.63, 3.8) is 0 Å². The lowest BCUT2D eigenvalue weighted by Crippen LogP contribution is -2.04. The molecule has 108 valence electrons. The minimum atomic E-state index is -0.247. The number of rotatable bonds is 3. The molecule has 1 aromatic carbocycles. The smallest absolute Gasteiger partial charge is 0.164 e. The topological polar surface area (TPSA) is 39.9 Å². The van der Waals surface area contributed by atoms with Crippen LogP contribution in [0.3, 0.4) is 0 Å². The summed E-state index contributed by atoms with van der Waals surface area (Å²) in [5, 5.41) is -0.247. The number of fused-ring (bicyclic) bond motifs is 1. The van der Waals surface area contributed by atoms with E-state index in [1.54, 1.807) is 13.3 Å². The number of hydrogen-bond acceptors (Lipinski definition) is 3. The molecule has 0 aliphatic rings. The molecule has 0 bridgehead atoms. The van der Waals surface area contributed by atoms with Gasteiger partial charge >= 0.3 is 0 Å². The number of benzene rings is 1. The highest BCUT2D eigenvalue weighted by Gasteiger charge is 2.19. The number of hydrogen-bond donors (Lipinski definition) is 0. The third kappa shape index (κ3) is 2.51. The number of ether oxygens (including phenoxy) is 1. The van der Waals surface area contributed by atoms with Crippen molar-refractivity contribution >= 4 is 38.7 Å². The summed E-state index contributed by atoms with van der Waals surface area (Å²) in [6.07, 6.45) is 1.74. The Kier molecular flexibility index (Phi) is 3.87. The fourth-order valence-electron chi connectivity index (χ4n) is 2.27. The maximum Gasteiger partial charge on any atom is 0.164 e. The molecule has 0 spiro atoms. The lowest BCUT2D eigenvalue weighted by atomic mass is 10.2. The molecule has 0 aliphatic carbocycles. The molecule has 6 heteroatoms. The second kappa shape index (κ2) is 5.66. The van der Waals surface area contributed by atoms with E-state index in [1.165, 1.54) is 0 Å². The zero-order valence-corrected chi connectivity index (χ0v) is 13.9. The molecular formula is C15H13BrClN3O. The predicted molar refractivity (Wildman–Crippen MR) is 87.4 cm³/mol. The normalized spacial score (nSPS) is 12.6. The van der Waals surface area contributed by atoms with Gasteiger partial charge in [-0.3, -0.25) is 4.57 Å². The maximum absolute atomic E-state index is 6.30. The molecule has 1 unspecified atom stereocenters. The lowest BCUT2D eigenvalue weighted by Gasteiger charge is -2.14. The standard InChI is InChI=1S/C15H13BrClN3O/c1-9(17)14-19-11-4-3-7-18-15(11)20(14)12-8-10(16)5-6-13(12)21-2/h3-9H,1-2H3. The molecule has 1 atom stereocenters. The summed E-state index contributed by atoms with van der Waals surface area (Å²) in [6.45, 7) is 1.89. The van der Waals surface area contributed by atoms with Crippen molar-refractivity contribution in [2.75, 3.05) is 7.11 Å². The number of nitrogens with zero attached hydrogens (tertiary/aromatic N) is 3. The van der Waals surface area contributed by atoms with Gasteiger partial charge in [0.05, 0.1) is 18.2 Å². The molecule has 0 amide bonds. The Morgan fingerprint density at radius 1 is 1.33 bits per heavy atom. The van der Waals surface area contributed by atoms with E-state index >= 15 is 0 Å². The van der Waals surface area contributed by atoms with E-state index in [-0.39, 0.29) is 5.38 Å². The van der Waals surface area contributed by atoms with Crippen LogP contribution < -0.4 is 4.74 Å². The van der Waals surface area contributed by atoms with Gasteiger partial charge in [-0.2, -0.15) is 0 Å². The van der Waals surface area contributed by atoms with Gasteiger partial charge in [0.15, 0.2) is 5.65 Å². The molecule has 4 nitrogen and oxygen atoms in total. The Bertz CT molecular complexity index is 801. The molecular weight excluding hydrogens is 354 g/mol. The third-order valence-corrected chi connectivity index (χ3v) is 3.87. The second-order valence-electron chi connectivity index (χ2n) is 4.58. The molecule has 0 radical (unpaired) electrons. The van der Waals surface area contributed by atoms with E-state index in [4.69, 9.17) is 16.3 Å². The summed E-state index contributed by atoms with van der Waals surface area (Å²) in [5.74, 6) is 1.48. The summed E-state index contributed by atoms with van der Waals surface area (Å²) < 4.78 is 8.36. The zero-order valence-electron chi connectivity index (χ0n) is 11.5. The first kappa shape index (κ1) is 14.4. The van der Waals surface area contributed by atoms with Crippen molar-refractivity contribution in [2.24, 2.45) is 0 Å². The third-order valence-electron chi connectivity index (χ3n) is 3.18. The first-order chi connectivity index (χ1) is 10.1. The molecule has 0 saturated carbocycles. The van der Waals surface area contributed by atoms with Gasteiger partial charge in [-0.1, -0.05) is 15.9 Å². The summed E-state index contributed by atoms with van der Waals surface area (Å²) in [4.78, 5) is 9.03. The molecule has 3 aromatic rings. The lowest BCUT2D eigenvalue weighted by molar-refractivity contribution is 0.412. The molecule has 2 heterocycles. The summed E-state index contributed by atoms with van der Waals surface area (Å²) in [6, 6.07) is 9.58. The van der Waals surface area contributed by atoms with Gasteiger partial charge in [-0.15, -0.1) is 11.6 Å². The summed E-state index contributed by atoms with van der Waals surface area (Å²) in [7, 11) is 1.64. The van der Waals surface area contributed by atoms with Crippen molar-refractivity contribution in [1.82, 2.24) is 14.5 Å². The van der Waals surface area contributed by atoms with Crippen LogP contribution >= 0.6 is 27.5 Å². The highest BCUT2D eigenvalue weighted by atomic mass is 79.9. The van der Waals surface area contributed by atoms with Crippen molar-refractivity contribution in [3.8, 4) is 11.4 Å². The predicted octanol–water partition coefficient (Wildman–Crippen LogP) is 4.49. The zero-order chi connectivity index (χ0) is 15.0. The van der Waals surface area contributed by atoms with E-state index in [1.807, 2.05) is 41.8 Å². The average molecular weight is 367 g/mol. The number of methoxy groups -OCH3 is 1. The quantitative estimate of drug-likeness (QED) is 0.641.